The molecule has 0 saturated carbocycles. The number of carbonyl (C=O) groups is 2. The molecule has 2 heterocycles. The third kappa shape index (κ3) is 3.24. The lowest BCUT2D eigenvalue weighted by atomic mass is 10.2. The van der Waals surface area contributed by atoms with Gasteiger partial charge in [-0.3, -0.25) is 9.59 Å². The highest BCUT2D eigenvalue weighted by Crippen LogP contribution is 2.20. The van der Waals surface area contributed by atoms with Gasteiger partial charge in [0.25, 0.3) is 5.91 Å². The largest absolute Gasteiger partial charge is 0.378 e. The van der Waals surface area contributed by atoms with Crippen LogP contribution in [0.3, 0.4) is 0 Å². The van der Waals surface area contributed by atoms with Crippen molar-refractivity contribution < 1.29 is 14.3 Å². The molecule has 1 aromatic heterocycles. The number of hydrogen-bond acceptors (Lipinski definition) is 5. The van der Waals surface area contributed by atoms with Gasteiger partial charge in [-0.05, 0) is 12.8 Å². The molecule has 92 valence electrons. The van der Waals surface area contributed by atoms with Crippen LogP contribution in [0, 0.1) is 0 Å². The second-order valence-electron chi connectivity index (χ2n) is 3.78. The van der Waals surface area contributed by atoms with E-state index in [1.165, 1.54) is 6.20 Å². The molecular weight excluding hydrogens is 242 g/mol. The maximum Gasteiger partial charge on any atom is 0.277 e. The Morgan fingerprint density at radius 2 is 2.47 bits per heavy atom. The highest BCUT2D eigenvalue weighted by Gasteiger charge is 2.19. The van der Waals surface area contributed by atoms with Crippen molar-refractivity contribution in [3.8, 4) is 0 Å². The van der Waals surface area contributed by atoms with E-state index in [1.807, 2.05) is 0 Å². The summed E-state index contributed by atoms with van der Waals surface area (Å²) < 4.78 is 5.36. The highest BCUT2D eigenvalue weighted by molar-refractivity contribution is 7.17. The quantitative estimate of drug-likeness (QED) is 0.830. The molecular formula is C10H13N3O3S. The number of primary amides is 1. The maximum atomic E-state index is 11.6. The number of carbonyl (C=O) groups excluding carboxylic acids is 2. The van der Waals surface area contributed by atoms with E-state index in [9.17, 15) is 9.59 Å². The molecule has 0 aromatic carbocycles. The van der Waals surface area contributed by atoms with Crippen LogP contribution in [0.15, 0.2) is 6.20 Å². The van der Waals surface area contributed by atoms with Crippen LogP contribution in [0.1, 0.15) is 29.1 Å². The van der Waals surface area contributed by atoms with Gasteiger partial charge in [-0.1, -0.05) is 11.3 Å². The van der Waals surface area contributed by atoms with E-state index in [0.29, 0.717) is 11.4 Å². The first-order valence-electron chi connectivity index (χ1n) is 5.32. The average Bonchev–Trinajstić information content (AvgIpc) is 2.88. The van der Waals surface area contributed by atoms with Crippen LogP contribution in [0.4, 0.5) is 5.00 Å². The van der Waals surface area contributed by atoms with E-state index in [1.54, 1.807) is 0 Å². The maximum absolute atomic E-state index is 11.6. The third-order valence-corrected chi connectivity index (χ3v) is 3.34. The van der Waals surface area contributed by atoms with Crippen LogP contribution in [0.25, 0.3) is 0 Å². The zero-order chi connectivity index (χ0) is 12.3. The van der Waals surface area contributed by atoms with Crippen molar-refractivity contribution in [1.82, 2.24) is 4.98 Å². The minimum Gasteiger partial charge on any atom is -0.378 e. The van der Waals surface area contributed by atoms with Crippen LogP contribution in [0.2, 0.25) is 0 Å². The lowest BCUT2D eigenvalue weighted by Gasteiger charge is -2.07. The van der Waals surface area contributed by atoms with E-state index in [-0.39, 0.29) is 17.0 Å². The number of aromatic nitrogens is 1. The van der Waals surface area contributed by atoms with Gasteiger partial charge < -0.3 is 15.8 Å². The smallest absolute Gasteiger partial charge is 0.277 e. The second kappa shape index (κ2) is 5.24. The fourth-order valence-electron chi connectivity index (χ4n) is 1.65. The molecule has 7 heteroatoms. The molecule has 0 radical (unpaired) electrons. The van der Waals surface area contributed by atoms with E-state index in [2.05, 4.69) is 10.3 Å². The zero-order valence-electron chi connectivity index (χ0n) is 9.14. The fraction of sp³-hybridized carbons (Fsp3) is 0.500. The van der Waals surface area contributed by atoms with Gasteiger partial charge >= 0.3 is 0 Å². The molecule has 1 fully saturated rings. The number of amides is 2. The van der Waals surface area contributed by atoms with Crippen LogP contribution < -0.4 is 11.1 Å². The molecule has 1 saturated heterocycles. The van der Waals surface area contributed by atoms with Gasteiger partial charge in [0.1, 0.15) is 5.00 Å². The Kier molecular flexibility index (Phi) is 3.70. The molecule has 1 aliphatic rings. The topological polar surface area (TPSA) is 94.3 Å². The van der Waals surface area contributed by atoms with Crippen molar-refractivity contribution in [2.24, 2.45) is 5.73 Å². The summed E-state index contributed by atoms with van der Waals surface area (Å²) in [4.78, 5) is 26.2. The van der Waals surface area contributed by atoms with Crippen LogP contribution in [0.5, 0.6) is 0 Å². The lowest BCUT2D eigenvalue weighted by molar-refractivity contribution is -0.118. The lowest BCUT2D eigenvalue weighted by Crippen LogP contribution is -2.18. The number of nitrogens with two attached hydrogens (primary N) is 1. The summed E-state index contributed by atoms with van der Waals surface area (Å²) >= 11 is 1.07. The molecule has 0 spiro atoms. The van der Waals surface area contributed by atoms with Gasteiger partial charge in [0.15, 0.2) is 5.01 Å². The summed E-state index contributed by atoms with van der Waals surface area (Å²) in [5.41, 5.74) is 5.07. The van der Waals surface area contributed by atoms with Crippen molar-refractivity contribution >= 4 is 28.2 Å². The van der Waals surface area contributed by atoms with Gasteiger partial charge in [-0.15, -0.1) is 0 Å². The predicted octanol–water partition coefficient (Wildman–Crippen LogP) is 0.750. The van der Waals surface area contributed by atoms with Crippen LogP contribution >= 0.6 is 11.3 Å². The average molecular weight is 255 g/mol. The molecule has 2 rings (SSSR count). The number of rotatable bonds is 4. The predicted molar refractivity (Wildman–Crippen MR) is 62.9 cm³/mol. The SMILES string of the molecule is NC(=O)c1ncc(NC(=O)CC2CCCO2)s1. The summed E-state index contributed by atoms with van der Waals surface area (Å²) in [7, 11) is 0. The molecule has 2 amide bonds. The number of thiazole rings is 1. The number of nitrogens with one attached hydrogen (secondary N) is 1. The molecule has 0 bridgehead atoms. The van der Waals surface area contributed by atoms with Gasteiger partial charge in [0, 0.05) is 6.61 Å². The van der Waals surface area contributed by atoms with Gasteiger partial charge in [0.2, 0.25) is 5.91 Å². The van der Waals surface area contributed by atoms with Crippen LogP contribution in [-0.2, 0) is 9.53 Å². The Balaban J connectivity index is 1.86. The summed E-state index contributed by atoms with van der Waals surface area (Å²) in [5.74, 6) is -0.716. The van der Waals surface area contributed by atoms with E-state index in [4.69, 9.17) is 10.5 Å². The summed E-state index contributed by atoms with van der Waals surface area (Å²) in [5, 5.41) is 3.39. The second-order valence-corrected chi connectivity index (χ2v) is 4.81. The van der Waals surface area contributed by atoms with Gasteiger partial charge in [-0.25, -0.2) is 4.98 Å². The minimum atomic E-state index is -0.588. The first kappa shape index (κ1) is 12.0. The first-order chi connectivity index (χ1) is 8.15. The summed E-state index contributed by atoms with van der Waals surface area (Å²) in [6, 6.07) is 0. The van der Waals surface area contributed by atoms with Crippen molar-refractivity contribution in [2.45, 2.75) is 25.4 Å². The molecule has 1 atom stereocenters. The zero-order valence-corrected chi connectivity index (χ0v) is 9.96. The molecule has 1 unspecified atom stereocenters. The molecule has 17 heavy (non-hydrogen) atoms. The highest BCUT2D eigenvalue weighted by atomic mass is 32.1. The van der Waals surface area contributed by atoms with Crippen molar-refractivity contribution in [1.29, 1.82) is 0 Å². The van der Waals surface area contributed by atoms with Gasteiger partial charge in [-0.2, -0.15) is 0 Å². The molecule has 1 aromatic rings. The first-order valence-corrected chi connectivity index (χ1v) is 6.14. The Morgan fingerprint density at radius 3 is 3.06 bits per heavy atom. The fourth-order valence-corrected chi connectivity index (χ4v) is 2.33. The number of hydrogen-bond donors (Lipinski definition) is 2. The molecule has 6 nitrogen and oxygen atoms in total. The van der Waals surface area contributed by atoms with Gasteiger partial charge in [0.05, 0.1) is 18.7 Å². The van der Waals surface area contributed by atoms with Crippen molar-refractivity contribution in [2.75, 3.05) is 11.9 Å². The van der Waals surface area contributed by atoms with Crippen LogP contribution in [-0.4, -0.2) is 29.5 Å². The Labute approximate surface area is 102 Å². The number of ether oxygens (including phenoxy) is 1. The molecule has 1 aliphatic heterocycles. The Morgan fingerprint density at radius 1 is 1.65 bits per heavy atom. The number of nitrogens with zero attached hydrogens (tertiary/aromatic N) is 1. The van der Waals surface area contributed by atoms with E-state index < -0.39 is 5.91 Å². The van der Waals surface area contributed by atoms with Crippen molar-refractivity contribution in [3.63, 3.8) is 0 Å². The number of anilines is 1. The van der Waals surface area contributed by atoms with E-state index >= 15 is 0 Å². The summed E-state index contributed by atoms with van der Waals surface area (Å²) in [6.07, 6.45) is 3.70. The Bertz CT molecular complexity index is 426. The summed E-state index contributed by atoms with van der Waals surface area (Å²) in [6.45, 7) is 0.727. The molecule has 0 aliphatic carbocycles. The third-order valence-electron chi connectivity index (χ3n) is 2.42. The minimum absolute atomic E-state index is 0.0125. The van der Waals surface area contributed by atoms with E-state index in [0.717, 1.165) is 30.8 Å². The standard InChI is InChI=1S/C10H13N3O3S/c11-9(15)10-12-5-8(17-10)13-7(14)4-6-2-1-3-16-6/h5-6H,1-4H2,(H2,11,15)(H,13,14). The Hall–Kier alpha value is -1.47. The van der Waals surface area contributed by atoms with Crippen molar-refractivity contribution in [3.05, 3.63) is 11.2 Å². The normalized spacial score (nSPS) is 19.2. The monoisotopic (exact) mass is 255 g/mol. The molecule has 3 N–H and O–H groups in total.